The molecule has 2 nitrogen and oxygen atoms in total. The van der Waals surface area contributed by atoms with Crippen LogP contribution in [0.3, 0.4) is 0 Å². The number of oxime groups is 1. The summed E-state index contributed by atoms with van der Waals surface area (Å²) in [6.07, 6.45) is 4.65. The SMILES string of the molecule is CC(C)CC(/C=C/c1cccs1)=N/O. The fraction of sp³-hybridized carbons (Fsp3) is 0.364. The summed E-state index contributed by atoms with van der Waals surface area (Å²) in [5, 5.41) is 14.0. The van der Waals surface area contributed by atoms with Crippen molar-refractivity contribution < 1.29 is 5.21 Å². The van der Waals surface area contributed by atoms with Gasteiger partial charge >= 0.3 is 0 Å². The second-order valence-electron chi connectivity index (χ2n) is 3.54. The predicted octanol–water partition coefficient (Wildman–Crippen LogP) is 3.64. The van der Waals surface area contributed by atoms with Gasteiger partial charge in [-0.3, -0.25) is 0 Å². The Morgan fingerprint density at radius 1 is 1.64 bits per heavy atom. The van der Waals surface area contributed by atoms with E-state index in [4.69, 9.17) is 5.21 Å². The van der Waals surface area contributed by atoms with E-state index in [0.717, 1.165) is 12.1 Å². The average molecular weight is 209 g/mol. The molecule has 1 aromatic rings. The van der Waals surface area contributed by atoms with E-state index >= 15 is 0 Å². The molecule has 0 amide bonds. The van der Waals surface area contributed by atoms with Crippen molar-refractivity contribution in [2.24, 2.45) is 11.1 Å². The molecule has 3 heteroatoms. The Balaban J connectivity index is 2.57. The molecule has 0 saturated heterocycles. The van der Waals surface area contributed by atoms with Crippen molar-refractivity contribution in [2.45, 2.75) is 20.3 Å². The number of hydrogen-bond acceptors (Lipinski definition) is 3. The van der Waals surface area contributed by atoms with Gasteiger partial charge in [0.15, 0.2) is 0 Å². The first-order chi connectivity index (χ1) is 6.72. The third-order valence-electron chi connectivity index (χ3n) is 1.73. The van der Waals surface area contributed by atoms with Gasteiger partial charge in [0.05, 0.1) is 5.71 Å². The Morgan fingerprint density at radius 2 is 2.43 bits per heavy atom. The molecular weight excluding hydrogens is 194 g/mol. The third kappa shape index (κ3) is 3.75. The maximum absolute atomic E-state index is 8.74. The van der Waals surface area contributed by atoms with Crippen LogP contribution in [0.2, 0.25) is 0 Å². The van der Waals surface area contributed by atoms with Crippen LogP contribution in [0, 0.1) is 5.92 Å². The molecule has 1 N–H and O–H groups in total. The molecule has 1 rings (SSSR count). The van der Waals surface area contributed by atoms with E-state index in [0.29, 0.717) is 5.92 Å². The molecule has 0 unspecified atom stereocenters. The second-order valence-corrected chi connectivity index (χ2v) is 4.52. The minimum atomic E-state index is 0.508. The molecule has 0 atom stereocenters. The van der Waals surface area contributed by atoms with Crippen LogP contribution < -0.4 is 0 Å². The minimum Gasteiger partial charge on any atom is -0.411 e. The number of allylic oxidation sites excluding steroid dienone is 1. The van der Waals surface area contributed by atoms with Crippen molar-refractivity contribution >= 4 is 23.1 Å². The van der Waals surface area contributed by atoms with E-state index in [-0.39, 0.29) is 0 Å². The maximum atomic E-state index is 8.74. The molecule has 14 heavy (non-hydrogen) atoms. The fourth-order valence-corrected chi connectivity index (χ4v) is 1.74. The van der Waals surface area contributed by atoms with E-state index in [1.807, 2.05) is 29.7 Å². The highest BCUT2D eigenvalue weighted by Crippen LogP contribution is 2.11. The van der Waals surface area contributed by atoms with Crippen molar-refractivity contribution in [1.82, 2.24) is 0 Å². The molecule has 1 heterocycles. The summed E-state index contributed by atoms with van der Waals surface area (Å²) in [6, 6.07) is 4.04. The zero-order chi connectivity index (χ0) is 10.4. The quantitative estimate of drug-likeness (QED) is 0.458. The van der Waals surface area contributed by atoms with Gasteiger partial charge in [-0.1, -0.05) is 25.1 Å². The summed E-state index contributed by atoms with van der Waals surface area (Å²) in [7, 11) is 0. The van der Waals surface area contributed by atoms with Gasteiger partial charge in [0.25, 0.3) is 0 Å². The predicted molar refractivity (Wildman–Crippen MR) is 62.0 cm³/mol. The first-order valence-corrected chi connectivity index (χ1v) is 5.53. The Kier molecular flexibility index (Phi) is 4.40. The second kappa shape index (κ2) is 5.60. The van der Waals surface area contributed by atoms with Gasteiger partial charge in [0.2, 0.25) is 0 Å². The topological polar surface area (TPSA) is 32.6 Å². The highest BCUT2D eigenvalue weighted by atomic mass is 32.1. The van der Waals surface area contributed by atoms with Gasteiger partial charge in [-0.2, -0.15) is 0 Å². The Morgan fingerprint density at radius 3 is 2.93 bits per heavy atom. The van der Waals surface area contributed by atoms with Crippen molar-refractivity contribution in [1.29, 1.82) is 0 Å². The van der Waals surface area contributed by atoms with Gasteiger partial charge in [-0.25, -0.2) is 0 Å². The highest BCUT2D eigenvalue weighted by Gasteiger charge is 1.99. The number of thiophene rings is 1. The molecule has 76 valence electrons. The van der Waals surface area contributed by atoms with Crippen LogP contribution in [-0.4, -0.2) is 10.9 Å². The summed E-state index contributed by atoms with van der Waals surface area (Å²) in [5.74, 6) is 0.508. The smallest absolute Gasteiger partial charge is 0.0798 e. The van der Waals surface area contributed by atoms with Gasteiger partial charge in [-0.05, 0) is 35.9 Å². The molecule has 0 aromatic carbocycles. The normalized spacial score (nSPS) is 12.9. The Hall–Kier alpha value is -1.09. The molecule has 0 spiro atoms. The van der Waals surface area contributed by atoms with Crippen LogP contribution in [0.15, 0.2) is 28.7 Å². The van der Waals surface area contributed by atoms with E-state index in [2.05, 4.69) is 19.0 Å². The monoisotopic (exact) mass is 209 g/mol. The Bertz CT molecular complexity index is 312. The molecular formula is C11H15NOS. The van der Waals surface area contributed by atoms with E-state index in [1.165, 1.54) is 4.88 Å². The third-order valence-corrected chi connectivity index (χ3v) is 2.57. The molecule has 1 aromatic heterocycles. The summed E-state index contributed by atoms with van der Waals surface area (Å²) < 4.78 is 0. The summed E-state index contributed by atoms with van der Waals surface area (Å²) in [4.78, 5) is 1.18. The summed E-state index contributed by atoms with van der Waals surface area (Å²) in [6.45, 7) is 4.20. The number of nitrogens with zero attached hydrogens (tertiary/aromatic N) is 1. The van der Waals surface area contributed by atoms with Crippen LogP contribution in [0.4, 0.5) is 0 Å². The molecule has 0 bridgehead atoms. The van der Waals surface area contributed by atoms with Crippen molar-refractivity contribution in [3.8, 4) is 0 Å². The lowest BCUT2D eigenvalue weighted by Gasteiger charge is -2.01. The molecule has 0 saturated carbocycles. The molecule has 0 aliphatic carbocycles. The maximum Gasteiger partial charge on any atom is 0.0798 e. The lowest BCUT2D eigenvalue weighted by atomic mass is 10.1. The highest BCUT2D eigenvalue weighted by molar-refractivity contribution is 7.10. The van der Waals surface area contributed by atoms with Gasteiger partial charge < -0.3 is 5.21 Å². The standard InChI is InChI=1S/C11H15NOS/c1-9(2)8-10(12-13)5-6-11-4-3-7-14-11/h3-7,9,13H,8H2,1-2H3/b6-5+,12-10+. The molecule has 0 fully saturated rings. The zero-order valence-corrected chi connectivity index (χ0v) is 9.29. The molecule has 0 radical (unpaired) electrons. The number of hydrogen-bond donors (Lipinski definition) is 1. The van der Waals surface area contributed by atoms with Crippen molar-refractivity contribution in [2.75, 3.05) is 0 Å². The van der Waals surface area contributed by atoms with E-state index in [9.17, 15) is 0 Å². The molecule has 0 aliphatic heterocycles. The van der Waals surface area contributed by atoms with E-state index < -0.39 is 0 Å². The lowest BCUT2D eigenvalue weighted by Crippen LogP contribution is -1.99. The van der Waals surface area contributed by atoms with Crippen LogP contribution in [0.25, 0.3) is 6.08 Å². The first-order valence-electron chi connectivity index (χ1n) is 4.65. The largest absolute Gasteiger partial charge is 0.411 e. The fourth-order valence-electron chi connectivity index (χ4n) is 1.12. The summed E-state index contributed by atoms with van der Waals surface area (Å²) >= 11 is 1.67. The van der Waals surface area contributed by atoms with Crippen molar-refractivity contribution in [3.05, 3.63) is 28.5 Å². The molecule has 0 aliphatic rings. The Labute approximate surface area is 88.6 Å². The van der Waals surface area contributed by atoms with E-state index in [1.54, 1.807) is 11.3 Å². The van der Waals surface area contributed by atoms with Crippen LogP contribution in [0.1, 0.15) is 25.1 Å². The van der Waals surface area contributed by atoms with Crippen LogP contribution in [0.5, 0.6) is 0 Å². The first kappa shape index (κ1) is 11.0. The number of rotatable bonds is 4. The summed E-state index contributed by atoms with van der Waals surface area (Å²) in [5.41, 5.74) is 0.730. The van der Waals surface area contributed by atoms with Crippen LogP contribution in [-0.2, 0) is 0 Å². The van der Waals surface area contributed by atoms with Gasteiger partial charge in [0, 0.05) is 4.88 Å². The van der Waals surface area contributed by atoms with Gasteiger partial charge in [-0.15, -0.1) is 11.3 Å². The van der Waals surface area contributed by atoms with Gasteiger partial charge in [0.1, 0.15) is 0 Å². The average Bonchev–Trinajstić information content (AvgIpc) is 2.64. The van der Waals surface area contributed by atoms with Crippen LogP contribution >= 0.6 is 11.3 Å². The minimum absolute atomic E-state index is 0.508. The van der Waals surface area contributed by atoms with Crippen molar-refractivity contribution in [3.63, 3.8) is 0 Å². The zero-order valence-electron chi connectivity index (χ0n) is 8.47. The lowest BCUT2D eigenvalue weighted by molar-refractivity contribution is 0.317.